The monoisotopic (exact) mass is 215 g/mol. The maximum absolute atomic E-state index is 11.3. The van der Waals surface area contributed by atoms with E-state index in [1.165, 1.54) is 6.20 Å². The fraction of sp³-hybridized carbons (Fsp3) is 0.625. The first-order chi connectivity index (χ1) is 6.84. The third-order valence-electron chi connectivity index (χ3n) is 1.71. The van der Waals surface area contributed by atoms with Crippen LogP contribution < -0.4 is 5.32 Å². The molecule has 5 nitrogen and oxygen atoms in total. The summed E-state index contributed by atoms with van der Waals surface area (Å²) in [5, 5.41) is 14.9. The molecule has 14 heavy (non-hydrogen) atoms. The van der Waals surface area contributed by atoms with Crippen molar-refractivity contribution in [1.29, 1.82) is 0 Å². The second-order valence-electron chi connectivity index (χ2n) is 2.82. The highest BCUT2D eigenvalue weighted by Crippen LogP contribution is 2.01. The highest BCUT2D eigenvalue weighted by Gasteiger charge is 2.06. The van der Waals surface area contributed by atoms with Crippen molar-refractivity contribution in [2.24, 2.45) is 0 Å². The number of aliphatic hydroxyl groups excluding tert-OH is 1. The lowest BCUT2D eigenvalue weighted by molar-refractivity contribution is 0.0956. The molecule has 0 atom stereocenters. The lowest BCUT2D eigenvalue weighted by Gasteiger charge is -2.01. The van der Waals surface area contributed by atoms with Gasteiger partial charge in [-0.2, -0.15) is 0 Å². The van der Waals surface area contributed by atoms with Gasteiger partial charge >= 0.3 is 0 Å². The van der Waals surface area contributed by atoms with E-state index in [0.29, 0.717) is 11.4 Å². The molecule has 0 fully saturated rings. The Bertz CT molecular complexity index is 264. The minimum atomic E-state index is -0.121. The molecule has 0 bridgehead atoms. The highest BCUT2D eigenvalue weighted by atomic mass is 32.1. The average molecular weight is 215 g/mol. The minimum absolute atomic E-state index is 0.121. The molecule has 78 valence electrons. The zero-order valence-corrected chi connectivity index (χ0v) is 8.59. The van der Waals surface area contributed by atoms with Gasteiger partial charge in [0.05, 0.1) is 6.20 Å². The third kappa shape index (κ3) is 3.80. The Labute approximate surface area is 86.3 Å². The quantitative estimate of drug-likeness (QED) is 0.675. The van der Waals surface area contributed by atoms with E-state index in [1.807, 2.05) is 0 Å². The van der Waals surface area contributed by atoms with Gasteiger partial charge in [0.2, 0.25) is 0 Å². The smallest absolute Gasteiger partial charge is 0.264 e. The molecule has 1 heterocycles. The summed E-state index contributed by atoms with van der Waals surface area (Å²) in [5.41, 5.74) is 0. The fourth-order valence-corrected chi connectivity index (χ4v) is 1.40. The Hall–Kier alpha value is -1.01. The van der Waals surface area contributed by atoms with Gasteiger partial charge in [-0.05, 0) is 30.8 Å². The van der Waals surface area contributed by atoms with Gasteiger partial charge in [0.25, 0.3) is 5.91 Å². The van der Waals surface area contributed by atoms with Gasteiger partial charge in [-0.25, -0.2) is 0 Å². The summed E-state index contributed by atoms with van der Waals surface area (Å²) in [6, 6.07) is 0. The Morgan fingerprint density at radius 1 is 1.50 bits per heavy atom. The number of nitrogens with zero attached hydrogens (tertiary/aromatic N) is 2. The first kappa shape index (κ1) is 11.1. The van der Waals surface area contributed by atoms with Gasteiger partial charge in [0, 0.05) is 13.2 Å². The van der Waals surface area contributed by atoms with Gasteiger partial charge < -0.3 is 10.4 Å². The number of hydrogen-bond acceptors (Lipinski definition) is 5. The number of unbranched alkanes of at least 4 members (excludes halogenated alkanes) is 2. The van der Waals surface area contributed by atoms with Crippen LogP contribution in [0, 0.1) is 0 Å². The van der Waals surface area contributed by atoms with Gasteiger partial charge in [0.1, 0.15) is 4.88 Å². The molecule has 2 N–H and O–H groups in total. The molecule has 0 radical (unpaired) electrons. The third-order valence-corrected chi connectivity index (χ3v) is 2.37. The van der Waals surface area contributed by atoms with Crippen LogP contribution in [0.5, 0.6) is 0 Å². The number of nitrogens with one attached hydrogen (secondary N) is 1. The van der Waals surface area contributed by atoms with E-state index in [2.05, 4.69) is 14.9 Å². The van der Waals surface area contributed by atoms with Crippen molar-refractivity contribution < 1.29 is 9.90 Å². The minimum Gasteiger partial charge on any atom is -0.396 e. The molecule has 6 heteroatoms. The van der Waals surface area contributed by atoms with Gasteiger partial charge in [-0.1, -0.05) is 4.49 Å². The molecule has 1 aromatic rings. The normalized spacial score (nSPS) is 10.1. The van der Waals surface area contributed by atoms with Crippen LogP contribution in [0.25, 0.3) is 0 Å². The highest BCUT2D eigenvalue weighted by molar-refractivity contribution is 7.07. The number of aromatic nitrogens is 2. The molecule has 1 amide bonds. The molecule has 0 unspecified atom stereocenters. The predicted octanol–water partition coefficient (Wildman–Crippen LogP) is 0.430. The number of carbonyl (C=O) groups excluding carboxylic acids is 1. The summed E-state index contributed by atoms with van der Waals surface area (Å²) in [6.07, 6.45) is 4.06. The van der Waals surface area contributed by atoms with Crippen LogP contribution in [-0.2, 0) is 0 Å². The molecule has 0 aliphatic rings. The van der Waals surface area contributed by atoms with Crippen LogP contribution in [0.2, 0.25) is 0 Å². The van der Waals surface area contributed by atoms with Crippen molar-refractivity contribution in [3.05, 3.63) is 11.1 Å². The van der Waals surface area contributed by atoms with Crippen LogP contribution in [-0.4, -0.2) is 33.8 Å². The van der Waals surface area contributed by atoms with Gasteiger partial charge in [-0.15, -0.1) is 5.10 Å². The van der Waals surface area contributed by atoms with Crippen LogP contribution in [0.4, 0.5) is 0 Å². The molecule has 1 aromatic heterocycles. The Morgan fingerprint density at radius 2 is 2.36 bits per heavy atom. The molecule has 0 aliphatic heterocycles. The number of aliphatic hydroxyl groups is 1. The lowest BCUT2D eigenvalue weighted by atomic mass is 10.2. The largest absolute Gasteiger partial charge is 0.396 e. The maximum Gasteiger partial charge on any atom is 0.264 e. The summed E-state index contributed by atoms with van der Waals surface area (Å²) in [5.74, 6) is -0.121. The van der Waals surface area contributed by atoms with E-state index in [0.717, 1.165) is 30.8 Å². The number of carbonyl (C=O) groups is 1. The van der Waals surface area contributed by atoms with Crippen LogP contribution in [0.1, 0.15) is 28.9 Å². The molecular formula is C8H13N3O2S. The van der Waals surface area contributed by atoms with Crippen LogP contribution in [0.3, 0.4) is 0 Å². The second-order valence-corrected chi connectivity index (χ2v) is 3.61. The zero-order valence-electron chi connectivity index (χ0n) is 7.77. The SMILES string of the molecule is O=C(NCCCCCO)c1cnns1. The molecule has 0 spiro atoms. The predicted molar refractivity (Wildman–Crippen MR) is 53.2 cm³/mol. The first-order valence-electron chi connectivity index (χ1n) is 4.51. The standard InChI is InChI=1S/C8H13N3O2S/c12-5-3-1-2-4-9-8(13)7-6-10-11-14-7/h6,12H,1-5H2,(H,9,13). The second kappa shape index (κ2) is 6.44. The molecule has 0 saturated carbocycles. The molecule has 1 rings (SSSR count). The van der Waals surface area contributed by atoms with Crippen molar-refractivity contribution in [1.82, 2.24) is 14.9 Å². The molecule has 0 saturated heterocycles. The Balaban J connectivity index is 2.10. The van der Waals surface area contributed by atoms with Crippen molar-refractivity contribution in [3.63, 3.8) is 0 Å². The van der Waals surface area contributed by atoms with Crippen molar-refractivity contribution in [2.45, 2.75) is 19.3 Å². The number of hydrogen-bond donors (Lipinski definition) is 2. The summed E-state index contributed by atoms with van der Waals surface area (Å²) in [4.78, 5) is 11.8. The fourth-order valence-electron chi connectivity index (χ4n) is 0.970. The summed E-state index contributed by atoms with van der Waals surface area (Å²) >= 11 is 1.09. The van der Waals surface area contributed by atoms with E-state index in [-0.39, 0.29) is 12.5 Å². The Kier molecular flexibility index (Phi) is 5.09. The average Bonchev–Trinajstić information content (AvgIpc) is 2.70. The number of rotatable bonds is 6. The lowest BCUT2D eigenvalue weighted by Crippen LogP contribution is -2.23. The van der Waals surface area contributed by atoms with E-state index >= 15 is 0 Å². The zero-order chi connectivity index (χ0) is 10.2. The topological polar surface area (TPSA) is 75.1 Å². The van der Waals surface area contributed by atoms with Gasteiger partial charge in [0.15, 0.2) is 0 Å². The maximum atomic E-state index is 11.3. The van der Waals surface area contributed by atoms with Crippen molar-refractivity contribution in [2.75, 3.05) is 13.2 Å². The van der Waals surface area contributed by atoms with Gasteiger partial charge in [-0.3, -0.25) is 4.79 Å². The summed E-state index contributed by atoms with van der Waals surface area (Å²) < 4.78 is 3.60. The number of amides is 1. The van der Waals surface area contributed by atoms with E-state index in [1.54, 1.807) is 0 Å². The van der Waals surface area contributed by atoms with Crippen LogP contribution in [0.15, 0.2) is 6.20 Å². The summed E-state index contributed by atoms with van der Waals surface area (Å²) in [7, 11) is 0. The van der Waals surface area contributed by atoms with E-state index in [9.17, 15) is 4.79 Å². The van der Waals surface area contributed by atoms with Crippen molar-refractivity contribution >= 4 is 17.4 Å². The molecule has 0 aromatic carbocycles. The molecule has 0 aliphatic carbocycles. The van der Waals surface area contributed by atoms with E-state index in [4.69, 9.17) is 5.11 Å². The van der Waals surface area contributed by atoms with E-state index < -0.39 is 0 Å². The Morgan fingerprint density at radius 3 is 3.00 bits per heavy atom. The van der Waals surface area contributed by atoms with Crippen molar-refractivity contribution in [3.8, 4) is 0 Å². The summed E-state index contributed by atoms with van der Waals surface area (Å²) in [6.45, 7) is 0.851. The first-order valence-corrected chi connectivity index (χ1v) is 5.28. The molecular weight excluding hydrogens is 202 g/mol. The van der Waals surface area contributed by atoms with Crippen LogP contribution >= 0.6 is 11.5 Å².